The van der Waals surface area contributed by atoms with Crippen molar-refractivity contribution in [3.63, 3.8) is 0 Å². The maximum Gasteiger partial charge on any atom is 0.222 e. The Morgan fingerprint density at radius 1 is 1.53 bits per heavy atom. The van der Waals surface area contributed by atoms with Crippen molar-refractivity contribution in [1.82, 2.24) is 20.4 Å². The second-order valence-corrected chi connectivity index (χ2v) is 4.48. The standard InChI is InChI=1S/C12H20N4O/c17-12(5-9-16-8-3-7-14-16)15-11-4-1-2-6-13-10-11/h3,7-8,11,13H,1-2,4-6,9-10H2,(H,15,17). The highest BCUT2D eigenvalue weighted by Gasteiger charge is 2.13. The molecule has 2 N–H and O–H groups in total. The Hall–Kier alpha value is -1.36. The lowest BCUT2D eigenvalue weighted by atomic mass is 10.1. The van der Waals surface area contributed by atoms with Crippen LogP contribution in [0.1, 0.15) is 25.7 Å². The molecule has 94 valence electrons. The molecule has 1 aliphatic heterocycles. The summed E-state index contributed by atoms with van der Waals surface area (Å²) in [7, 11) is 0. The second kappa shape index (κ2) is 6.39. The van der Waals surface area contributed by atoms with Crippen LogP contribution in [0, 0.1) is 0 Å². The highest BCUT2D eigenvalue weighted by Crippen LogP contribution is 2.04. The van der Waals surface area contributed by atoms with Gasteiger partial charge in [-0.25, -0.2) is 0 Å². The van der Waals surface area contributed by atoms with E-state index in [2.05, 4.69) is 15.7 Å². The SMILES string of the molecule is O=C(CCn1cccn1)NC1CCCCNC1. The van der Waals surface area contributed by atoms with Crippen LogP contribution in [0.25, 0.3) is 0 Å². The highest BCUT2D eigenvalue weighted by molar-refractivity contribution is 5.76. The molecule has 0 aliphatic carbocycles. The zero-order valence-electron chi connectivity index (χ0n) is 10.1. The smallest absolute Gasteiger partial charge is 0.222 e. The monoisotopic (exact) mass is 236 g/mol. The van der Waals surface area contributed by atoms with Crippen molar-refractivity contribution in [3.8, 4) is 0 Å². The number of carbonyl (C=O) groups excluding carboxylic acids is 1. The Kier molecular flexibility index (Phi) is 4.55. The summed E-state index contributed by atoms with van der Waals surface area (Å²) in [6.07, 6.45) is 7.59. The molecule has 0 spiro atoms. The predicted octanol–water partition coefficient (Wildman–Crippen LogP) is 0.531. The summed E-state index contributed by atoms with van der Waals surface area (Å²) in [5.74, 6) is 0.120. The van der Waals surface area contributed by atoms with Gasteiger partial charge in [0.25, 0.3) is 0 Å². The van der Waals surface area contributed by atoms with E-state index in [0.717, 1.165) is 19.5 Å². The van der Waals surface area contributed by atoms with Crippen LogP contribution in [-0.4, -0.2) is 34.8 Å². The first-order valence-electron chi connectivity index (χ1n) is 6.32. The number of hydrogen-bond acceptors (Lipinski definition) is 3. The summed E-state index contributed by atoms with van der Waals surface area (Å²) >= 11 is 0. The number of nitrogens with one attached hydrogen (secondary N) is 2. The molecule has 5 heteroatoms. The molecular formula is C12H20N4O. The van der Waals surface area contributed by atoms with Crippen LogP contribution in [0.5, 0.6) is 0 Å². The average Bonchev–Trinajstić information content (AvgIpc) is 2.72. The molecule has 1 amide bonds. The van der Waals surface area contributed by atoms with E-state index in [4.69, 9.17) is 0 Å². The van der Waals surface area contributed by atoms with E-state index >= 15 is 0 Å². The summed E-state index contributed by atoms with van der Waals surface area (Å²) in [6.45, 7) is 2.62. The van der Waals surface area contributed by atoms with Gasteiger partial charge in [0, 0.05) is 37.9 Å². The number of carbonyl (C=O) groups is 1. The molecule has 0 radical (unpaired) electrons. The molecule has 5 nitrogen and oxygen atoms in total. The average molecular weight is 236 g/mol. The van der Waals surface area contributed by atoms with Gasteiger partial charge in [-0.1, -0.05) is 6.42 Å². The van der Waals surface area contributed by atoms with Gasteiger partial charge in [0.1, 0.15) is 0 Å². The van der Waals surface area contributed by atoms with Gasteiger partial charge in [-0.2, -0.15) is 5.10 Å². The first-order valence-corrected chi connectivity index (χ1v) is 6.32. The van der Waals surface area contributed by atoms with E-state index in [1.807, 2.05) is 12.3 Å². The largest absolute Gasteiger partial charge is 0.352 e. The number of aromatic nitrogens is 2. The van der Waals surface area contributed by atoms with Crippen molar-refractivity contribution in [3.05, 3.63) is 18.5 Å². The Morgan fingerprint density at radius 3 is 3.29 bits per heavy atom. The number of amides is 1. The molecule has 0 saturated carbocycles. The zero-order chi connectivity index (χ0) is 11.9. The fourth-order valence-corrected chi connectivity index (χ4v) is 2.09. The maximum absolute atomic E-state index is 11.7. The van der Waals surface area contributed by atoms with Crippen molar-refractivity contribution in [1.29, 1.82) is 0 Å². The molecule has 17 heavy (non-hydrogen) atoms. The van der Waals surface area contributed by atoms with Crippen molar-refractivity contribution in [2.75, 3.05) is 13.1 Å². The lowest BCUT2D eigenvalue weighted by molar-refractivity contribution is -0.122. The molecular weight excluding hydrogens is 216 g/mol. The summed E-state index contributed by atoms with van der Waals surface area (Å²) in [6, 6.07) is 2.16. The Morgan fingerprint density at radius 2 is 2.47 bits per heavy atom. The quantitative estimate of drug-likeness (QED) is 0.802. The lowest BCUT2D eigenvalue weighted by Crippen LogP contribution is -2.41. The van der Waals surface area contributed by atoms with Gasteiger partial charge in [0.05, 0.1) is 0 Å². The summed E-state index contributed by atoms with van der Waals surface area (Å²) in [5.41, 5.74) is 0. The minimum Gasteiger partial charge on any atom is -0.352 e. The first kappa shape index (κ1) is 12.1. The van der Waals surface area contributed by atoms with E-state index in [1.165, 1.54) is 12.8 Å². The normalized spacial score (nSPS) is 20.8. The van der Waals surface area contributed by atoms with Gasteiger partial charge in [0.2, 0.25) is 5.91 Å². The van der Waals surface area contributed by atoms with Crippen molar-refractivity contribution in [2.45, 2.75) is 38.3 Å². The van der Waals surface area contributed by atoms with Gasteiger partial charge in [-0.3, -0.25) is 9.48 Å². The van der Waals surface area contributed by atoms with E-state index in [0.29, 0.717) is 19.0 Å². The number of rotatable bonds is 4. The molecule has 1 atom stereocenters. The van der Waals surface area contributed by atoms with Crippen molar-refractivity contribution >= 4 is 5.91 Å². The van der Waals surface area contributed by atoms with Gasteiger partial charge >= 0.3 is 0 Å². The summed E-state index contributed by atoms with van der Waals surface area (Å²) < 4.78 is 1.78. The van der Waals surface area contributed by atoms with Crippen molar-refractivity contribution < 1.29 is 4.79 Å². The molecule has 1 fully saturated rings. The molecule has 1 saturated heterocycles. The second-order valence-electron chi connectivity index (χ2n) is 4.48. The number of nitrogens with zero attached hydrogens (tertiary/aromatic N) is 2. The fraction of sp³-hybridized carbons (Fsp3) is 0.667. The van der Waals surface area contributed by atoms with Gasteiger partial charge in [-0.15, -0.1) is 0 Å². The van der Waals surface area contributed by atoms with Crippen LogP contribution in [0.2, 0.25) is 0 Å². The first-order chi connectivity index (χ1) is 8.34. The Balaban J connectivity index is 1.69. The predicted molar refractivity (Wildman–Crippen MR) is 65.5 cm³/mol. The summed E-state index contributed by atoms with van der Waals surface area (Å²) in [5, 5.41) is 10.5. The molecule has 0 bridgehead atoms. The molecule has 2 heterocycles. The van der Waals surface area contributed by atoms with E-state index in [1.54, 1.807) is 10.9 Å². The van der Waals surface area contributed by atoms with Crippen LogP contribution in [0.15, 0.2) is 18.5 Å². The van der Waals surface area contributed by atoms with E-state index in [9.17, 15) is 4.79 Å². The van der Waals surface area contributed by atoms with Crippen molar-refractivity contribution in [2.24, 2.45) is 0 Å². The minimum absolute atomic E-state index is 0.120. The highest BCUT2D eigenvalue weighted by atomic mass is 16.1. The number of aryl methyl sites for hydroxylation is 1. The van der Waals surface area contributed by atoms with E-state index < -0.39 is 0 Å². The Bertz CT molecular complexity index is 328. The lowest BCUT2D eigenvalue weighted by Gasteiger charge is -2.16. The van der Waals surface area contributed by atoms with Crippen LogP contribution >= 0.6 is 0 Å². The van der Waals surface area contributed by atoms with Gasteiger partial charge < -0.3 is 10.6 Å². The molecule has 1 aromatic rings. The van der Waals surface area contributed by atoms with Crippen LogP contribution < -0.4 is 10.6 Å². The van der Waals surface area contributed by atoms with Crippen LogP contribution in [0.4, 0.5) is 0 Å². The molecule has 1 unspecified atom stereocenters. The van der Waals surface area contributed by atoms with Crippen LogP contribution in [0.3, 0.4) is 0 Å². The third-order valence-electron chi connectivity index (χ3n) is 3.04. The molecule has 1 aromatic heterocycles. The minimum atomic E-state index is 0.120. The van der Waals surface area contributed by atoms with Gasteiger partial charge in [0.15, 0.2) is 0 Å². The molecule has 2 rings (SSSR count). The zero-order valence-corrected chi connectivity index (χ0v) is 10.1. The topological polar surface area (TPSA) is 59.0 Å². The van der Waals surface area contributed by atoms with Crippen LogP contribution in [-0.2, 0) is 11.3 Å². The third-order valence-corrected chi connectivity index (χ3v) is 3.04. The fourth-order valence-electron chi connectivity index (χ4n) is 2.09. The number of hydrogen-bond donors (Lipinski definition) is 2. The molecule has 1 aliphatic rings. The maximum atomic E-state index is 11.7. The summed E-state index contributed by atoms with van der Waals surface area (Å²) in [4.78, 5) is 11.7. The third kappa shape index (κ3) is 4.19. The molecule has 0 aromatic carbocycles. The van der Waals surface area contributed by atoms with Gasteiger partial charge in [-0.05, 0) is 25.5 Å². The van der Waals surface area contributed by atoms with E-state index in [-0.39, 0.29) is 5.91 Å². The Labute approximate surface area is 102 Å².